The standard InChI is InChI=1S/C14H19N3O2/c1-11-5-3-4-6-14(11)19-10-13(18)8-15-12-7-16-17(2)9-12/h3-7,9,13,15,18H,8,10H2,1-2H3. The molecule has 0 radical (unpaired) electrons. The molecule has 0 saturated heterocycles. The van der Waals surface area contributed by atoms with Crippen molar-refractivity contribution in [3.63, 3.8) is 0 Å². The molecule has 1 atom stereocenters. The van der Waals surface area contributed by atoms with Crippen LogP contribution in [-0.2, 0) is 7.05 Å². The van der Waals surface area contributed by atoms with Gasteiger partial charge in [-0.25, -0.2) is 0 Å². The van der Waals surface area contributed by atoms with Crippen molar-refractivity contribution in [3.05, 3.63) is 42.2 Å². The van der Waals surface area contributed by atoms with E-state index in [4.69, 9.17) is 4.74 Å². The van der Waals surface area contributed by atoms with Crippen LogP contribution in [-0.4, -0.2) is 34.1 Å². The zero-order valence-electron chi connectivity index (χ0n) is 11.2. The Morgan fingerprint density at radius 3 is 2.89 bits per heavy atom. The number of nitrogens with zero attached hydrogens (tertiary/aromatic N) is 2. The van der Waals surface area contributed by atoms with E-state index in [2.05, 4.69) is 10.4 Å². The Morgan fingerprint density at radius 1 is 1.42 bits per heavy atom. The van der Waals surface area contributed by atoms with E-state index in [1.54, 1.807) is 10.9 Å². The Morgan fingerprint density at radius 2 is 2.21 bits per heavy atom. The van der Waals surface area contributed by atoms with Crippen molar-refractivity contribution in [2.24, 2.45) is 7.05 Å². The lowest BCUT2D eigenvalue weighted by Gasteiger charge is -2.14. The van der Waals surface area contributed by atoms with Gasteiger partial charge in [0.15, 0.2) is 0 Å². The van der Waals surface area contributed by atoms with Crippen LogP contribution in [0.2, 0.25) is 0 Å². The molecule has 1 aromatic heterocycles. The first-order valence-electron chi connectivity index (χ1n) is 6.24. The number of aryl methyl sites for hydroxylation is 2. The first kappa shape index (κ1) is 13.4. The maximum Gasteiger partial charge on any atom is 0.122 e. The normalized spacial score (nSPS) is 12.2. The zero-order chi connectivity index (χ0) is 13.7. The van der Waals surface area contributed by atoms with Gasteiger partial charge in [0.05, 0.1) is 11.9 Å². The second-order valence-corrected chi connectivity index (χ2v) is 4.51. The number of aliphatic hydroxyl groups excluding tert-OH is 1. The molecule has 0 spiro atoms. The smallest absolute Gasteiger partial charge is 0.122 e. The lowest BCUT2D eigenvalue weighted by molar-refractivity contribution is 0.117. The molecule has 0 aliphatic carbocycles. The Kier molecular flexibility index (Phi) is 4.41. The number of aliphatic hydroxyl groups is 1. The van der Waals surface area contributed by atoms with Gasteiger partial charge in [0.25, 0.3) is 0 Å². The molecule has 1 unspecified atom stereocenters. The van der Waals surface area contributed by atoms with Crippen LogP contribution >= 0.6 is 0 Å². The van der Waals surface area contributed by atoms with Gasteiger partial charge in [0, 0.05) is 19.8 Å². The summed E-state index contributed by atoms with van der Waals surface area (Å²) in [7, 11) is 1.85. The van der Waals surface area contributed by atoms with E-state index in [0.29, 0.717) is 6.54 Å². The fraction of sp³-hybridized carbons (Fsp3) is 0.357. The van der Waals surface area contributed by atoms with Crippen molar-refractivity contribution < 1.29 is 9.84 Å². The molecule has 0 bridgehead atoms. The van der Waals surface area contributed by atoms with E-state index in [9.17, 15) is 5.11 Å². The van der Waals surface area contributed by atoms with Gasteiger partial charge in [-0.1, -0.05) is 18.2 Å². The van der Waals surface area contributed by atoms with Gasteiger partial charge >= 0.3 is 0 Å². The average Bonchev–Trinajstić information content (AvgIpc) is 2.81. The van der Waals surface area contributed by atoms with Crippen molar-refractivity contribution in [2.75, 3.05) is 18.5 Å². The minimum absolute atomic E-state index is 0.262. The summed E-state index contributed by atoms with van der Waals surface area (Å²) in [6.45, 7) is 2.67. The molecule has 19 heavy (non-hydrogen) atoms. The second kappa shape index (κ2) is 6.24. The predicted octanol–water partition coefficient (Wildman–Crippen LogP) is 1.58. The number of anilines is 1. The molecule has 2 N–H and O–H groups in total. The molecule has 0 amide bonds. The summed E-state index contributed by atoms with van der Waals surface area (Å²) in [4.78, 5) is 0. The van der Waals surface area contributed by atoms with E-state index in [-0.39, 0.29) is 6.61 Å². The summed E-state index contributed by atoms with van der Waals surface area (Å²) in [6, 6.07) is 7.76. The van der Waals surface area contributed by atoms with Gasteiger partial charge in [-0.15, -0.1) is 0 Å². The van der Waals surface area contributed by atoms with Crippen molar-refractivity contribution in [2.45, 2.75) is 13.0 Å². The lowest BCUT2D eigenvalue weighted by atomic mass is 10.2. The van der Waals surface area contributed by atoms with Gasteiger partial charge < -0.3 is 15.2 Å². The van der Waals surface area contributed by atoms with E-state index in [0.717, 1.165) is 17.0 Å². The second-order valence-electron chi connectivity index (χ2n) is 4.51. The van der Waals surface area contributed by atoms with E-state index in [1.807, 2.05) is 44.4 Å². The first-order valence-corrected chi connectivity index (χ1v) is 6.24. The summed E-state index contributed by atoms with van der Waals surface area (Å²) < 4.78 is 7.29. The average molecular weight is 261 g/mol. The quantitative estimate of drug-likeness (QED) is 0.829. The summed E-state index contributed by atoms with van der Waals surface area (Å²) in [5.41, 5.74) is 1.95. The van der Waals surface area contributed by atoms with Gasteiger partial charge in [-0.3, -0.25) is 4.68 Å². The van der Waals surface area contributed by atoms with Gasteiger partial charge in [0.2, 0.25) is 0 Å². The summed E-state index contributed by atoms with van der Waals surface area (Å²) in [5.74, 6) is 0.808. The number of nitrogens with one attached hydrogen (secondary N) is 1. The van der Waals surface area contributed by atoms with Crippen molar-refractivity contribution in [1.82, 2.24) is 9.78 Å². The van der Waals surface area contributed by atoms with Crippen molar-refractivity contribution in [3.8, 4) is 5.75 Å². The third-order valence-electron chi connectivity index (χ3n) is 2.77. The molecule has 0 aliphatic heterocycles. The van der Waals surface area contributed by atoms with Gasteiger partial charge in [-0.05, 0) is 18.6 Å². The number of hydrogen-bond donors (Lipinski definition) is 2. The van der Waals surface area contributed by atoms with E-state index >= 15 is 0 Å². The van der Waals surface area contributed by atoms with Gasteiger partial charge in [-0.2, -0.15) is 5.10 Å². The number of hydrogen-bond acceptors (Lipinski definition) is 4. The fourth-order valence-corrected chi connectivity index (χ4v) is 1.71. The third-order valence-corrected chi connectivity index (χ3v) is 2.77. The van der Waals surface area contributed by atoms with Crippen LogP contribution in [0.5, 0.6) is 5.75 Å². The number of aromatic nitrogens is 2. The number of ether oxygens (including phenoxy) is 1. The largest absolute Gasteiger partial charge is 0.491 e. The molecular formula is C14H19N3O2. The highest BCUT2D eigenvalue weighted by molar-refractivity contribution is 5.38. The fourth-order valence-electron chi connectivity index (χ4n) is 1.71. The number of para-hydroxylation sites is 1. The van der Waals surface area contributed by atoms with E-state index < -0.39 is 6.10 Å². The molecule has 1 aromatic carbocycles. The van der Waals surface area contributed by atoms with Crippen LogP contribution in [0.1, 0.15) is 5.56 Å². The number of rotatable bonds is 6. The Labute approximate surface area is 112 Å². The van der Waals surface area contributed by atoms with Crippen molar-refractivity contribution >= 4 is 5.69 Å². The highest BCUT2D eigenvalue weighted by atomic mass is 16.5. The molecule has 5 nitrogen and oxygen atoms in total. The topological polar surface area (TPSA) is 59.3 Å². The first-order chi connectivity index (χ1) is 9.15. The lowest BCUT2D eigenvalue weighted by Crippen LogP contribution is -2.26. The maximum atomic E-state index is 9.85. The minimum Gasteiger partial charge on any atom is -0.491 e. The van der Waals surface area contributed by atoms with Crippen LogP contribution in [0.3, 0.4) is 0 Å². The minimum atomic E-state index is -0.570. The Balaban J connectivity index is 1.76. The molecular weight excluding hydrogens is 242 g/mol. The summed E-state index contributed by atoms with van der Waals surface area (Å²) in [5, 5.41) is 17.0. The van der Waals surface area contributed by atoms with Gasteiger partial charge in [0.1, 0.15) is 18.5 Å². The molecule has 5 heteroatoms. The highest BCUT2D eigenvalue weighted by Crippen LogP contribution is 2.16. The molecule has 1 heterocycles. The van der Waals surface area contributed by atoms with Crippen LogP contribution in [0.15, 0.2) is 36.7 Å². The van der Waals surface area contributed by atoms with Crippen molar-refractivity contribution in [1.29, 1.82) is 0 Å². The summed E-state index contributed by atoms with van der Waals surface area (Å²) in [6.07, 6.45) is 3.00. The monoisotopic (exact) mass is 261 g/mol. The molecule has 2 aromatic rings. The highest BCUT2D eigenvalue weighted by Gasteiger charge is 2.07. The maximum absolute atomic E-state index is 9.85. The SMILES string of the molecule is Cc1ccccc1OCC(O)CNc1cnn(C)c1. The van der Waals surface area contributed by atoms with Crippen LogP contribution in [0.25, 0.3) is 0 Å². The van der Waals surface area contributed by atoms with Crippen LogP contribution in [0.4, 0.5) is 5.69 Å². The Hall–Kier alpha value is -2.01. The number of benzene rings is 1. The summed E-state index contributed by atoms with van der Waals surface area (Å²) >= 11 is 0. The molecule has 102 valence electrons. The van der Waals surface area contributed by atoms with E-state index in [1.165, 1.54) is 0 Å². The molecule has 0 aliphatic rings. The van der Waals surface area contributed by atoms with Crippen LogP contribution < -0.4 is 10.1 Å². The predicted molar refractivity (Wildman–Crippen MR) is 74.4 cm³/mol. The third kappa shape index (κ3) is 3.99. The Bertz CT molecular complexity index is 525. The molecule has 2 rings (SSSR count). The molecule has 0 fully saturated rings. The van der Waals surface area contributed by atoms with Crippen LogP contribution in [0, 0.1) is 6.92 Å². The zero-order valence-corrected chi connectivity index (χ0v) is 11.2. The molecule has 0 saturated carbocycles.